The van der Waals surface area contributed by atoms with E-state index in [1.807, 2.05) is 6.07 Å². The number of quaternary nitrogens is 1. The van der Waals surface area contributed by atoms with E-state index in [9.17, 15) is 4.79 Å². The van der Waals surface area contributed by atoms with Crippen LogP contribution in [0.5, 0.6) is 5.75 Å². The summed E-state index contributed by atoms with van der Waals surface area (Å²) in [6.45, 7) is 7.26. The van der Waals surface area contributed by atoms with Crippen LogP contribution in [0.3, 0.4) is 0 Å². The quantitative estimate of drug-likeness (QED) is 0.482. The minimum absolute atomic E-state index is 0. The fraction of sp³-hybridized carbons (Fsp3) is 0.632. The van der Waals surface area contributed by atoms with Gasteiger partial charge in [0.25, 0.3) is 0 Å². The summed E-state index contributed by atoms with van der Waals surface area (Å²) in [7, 11) is 6.47. The van der Waals surface area contributed by atoms with E-state index in [0.717, 1.165) is 41.4 Å². The predicted molar refractivity (Wildman–Crippen MR) is 96.1 cm³/mol. The first-order chi connectivity index (χ1) is 10.7. The standard InChI is InChI=1S/C19H31N2O2.ClH/c1-13(2)15-12-17(21(4,5)6)14(3)11-18(15)23-19(22)16-9-7-8-10-20-16;/h11-13,16,20H,7-10H2,1-6H3;1H/q+1;/p-1. The normalized spacial score (nSPS) is 18.2. The molecule has 0 bridgehead atoms. The van der Waals surface area contributed by atoms with E-state index in [2.05, 4.69) is 53.3 Å². The van der Waals surface area contributed by atoms with Crippen molar-refractivity contribution in [3.05, 3.63) is 23.3 Å². The van der Waals surface area contributed by atoms with Crippen LogP contribution in [0.25, 0.3) is 0 Å². The van der Waals surface area contributed by atoms with Crippen LogP contribution >= 0.6 is 0 Å². The molecule has 1 saturated heterocycles. The number of hydrogen-bond donors (Lipinski definition) is 1. The SMILES string of the molecule is Cc1cc(OC(=O)C2CCCCN2)c(C(C)C)cc1[N+](C)(C)C.[Cl-]. The van der Waals surface area contributed by atoms with Crippen molar-refractivity contribution in [3.8, 4) is 5.75 Å². The van der Waals surface area contributed by atoms with Gasteiger partial charge in [0.1, 0.15) is 17.5 Å². The second-order valence-electron chi connectivity index (χ2n) is 7.77. The average molecular weight is 355 g/mol. The lowest BCUT2D eigenvalue weighted by Crippen LogP contribution is -3.00. The van der Waals surface area contributed by atoms with Crippen molar-refractivity contribution in [1.82, 2.24) is 9.80 Å². The molecule has 0 amide bonds. The molecule has 0 saturated carbocycles. The zero-order valence-electron chi connectivity index (χ0n) is 15.8. The summed E-state index contributed by atoms with van der Waals surface area (Å²) in [4.78, 5) is 12.4. The first-order valence-corrected chi connectivity index (χ1v) is 8.61. The molecule has 1 aliphatic heterocycles. The van der Waals surface area contributed by atoms with Gasteiger partial charge < -0.3 is 22.5 Å². The monoisotopic (exact) mass is 354 g/mol. The first-order valence-electron chi connectivity index (χ1n) is 8.61. The summed E-state index contributed by atoms with van der Waals surface area (Å²) >= 11 is 0. The van der Waals surface area contributed by atoms with Gasteiger partial charge in [-0.25, -0.2) is 4.79 Å². The maximum Gasteiger partial charge on any atom is 0.328 e. The van der Waals surface area contributed by atoms with E-state index >= 15 is 0 Å². The van der Waals surface area contributed by atoms with Crippen LogP contribution in [0.4, 0.5) is 5.69 Å². The number of halogens is 1. The van der Waals surface area contributed by atoms with Crippen molar-refractivity contribution >= 4 is 11.7 Å². The number of carbonyl (C=O) groups excluding carboxylic acids is 1. The molecule has 0 aromatic heterocycles. The highest BCUT2D eigenvalue weighted by Crippen LogP contribution is 2.35. The molecule has 1 N–H and O–H groups in total. The maximum atomic E-state index is 12.4. The fourth-order valence-electron chi connectivity index (χ4n) is 3.18. The average Bonchev–Trinajstić information content (AvgIpc) is 2.46. The van der Waals surface area contributed by atoms with Crippen molar-refractivity contribution < 1.29 is 21.9 Å². The Kier molecular flexibility index (Phi) is 7.26. The van der Waals surface area contributed by atoms with Gasteiger partial charge in [0.05, 0.1) is 21.1 Å². The van der Waals surface area contributed by atoms with E-state index in [4.69, 9.17) is 4.74 Å². The van der Waals surface area contributed by atoms with Gasteiger partial charge in [-0.15, -0.1) is 0 Å². The van der Waals surface area contributed by atoms with Crippen molar-refractivity contribution in [1.29, 1.82) is 0 Å². The molecular formula is C19H31ClN2O2. The Labute approximate surface area is 152 Å². The smallest absolute Gasteiger partial charge is 0.328 e. The van der Waals surface area contributed by atoms with Crippen LogP contribution in [0.2, 0.25) is 0 Å². The Hall–Kier alpha value is -1.10. The molecule has 1 heterocycles. The summed E-state index contributed by atoms with van der Waals surface area (Å²) in [6.07, 6.45) is 3.09. The third-order valence-corrected chi connectivity index (χ3v) is 4.48. The predicted octanol–water partition coefficient (Wildman–Crippen LogP) is 0.367. The van der Waals surface area contributed by atoms with E-state index < -0.39 is 0 Å². The van der Waals surface area contributed by atoms with Gasteiger partial charge in [0.2, 0.25) is 0 Å². The molecule has 0 spiro atoms. The van der Waals surface area contributed by atoms with Crippen molar-refractivity contribution in [3.63, 3.8) is 0 Å². The zero-order chi connectivity index (χ0) is 17.2. The third kappa shape index (κ3) is 4.95. The number of nitrogens with one attached hydrogen (secondary N) is 1. The number of benzene rings is 1. The second kappa shape index (κ2) is 8.32. The lowest BCUT2D eigenvalue weighted by Gasteiger charge is -2.28. The molecule has 1 unspecified atom stereocenters. The third-order valence-electron chi connectivity index (χ3n) is 4.48. The summed E-state index contributed by atoms with van der Waals surface area (Å²) in [5, 5.41) is 3.26. The molecule has 1 atom stereocenters. The first kappa shape index (κ1) is 20.9. The van der Waals surface area contributed by atoms with Gasteiger partial charge >= 0.3 is 5.97 Å². The number of ether oxygens (including phenoxy) is 1. The Balaban J connectivity index is 0.00000288. The molecule has 5 heteroatoms. The molecule has 0 radical (unpaired) electrons. The summed E-state index contributed by atoms with van der Waals surface area (Å²) in [5.41, 5.74) is 3.51. The molecular weight excluding hydrogens is 324 g/mol. The van der Waals surface area contributed by atoms with Gasteiger partial charge in [0.15, 0.2) is 0 Å². The van der Waals surface area contributed by atoms with Gasteiger partial charge in [-0.2, -0.15) is 0 Å². The maximum absolute atomic E-state index is 12.4. The van der Waals surface area contributed by atoms with Gasteiger partial charge in [-0.1, -0.05) is 20.3 Å². The summed E-state index contributed by atoms with van der Waals surface area (Å²) in [5.74, 6) is 0.874. The largest absolute Gasteiger partial charge is 1.00 e. The van der Waals surface area contributed by atoms with Crippen LogP contribution in [0.15, 0.2) is 12.1 Å². The summed E-state index contributed by atoms with van der Waals surface area (Å²) < 4.78 is 6.54. The molecule has 0 aliphatic carbocycles. The van der Waals surface area contributed by atoms with Gasteiger partial charge in [-0.05, 0) is 38.3 Å². The molecule has 2 rings (SSSR count). The van der Waals surface area contributed by atoms with E-state index in [-0.39, 0.29) is 24.4 Å². The Bertz CT molecular complexity index is 573. The lowest BCUT2D eigenvalue weighted by molar-refractivity contribution is -0.137. The highest BCUT2D eigenvalue weighted by molar-refractivity contribution is 5.79. The Morgan fingerprint density at radius 2 is 1.92 bits per heavy atom. The van der Waals surface area contributed by atoms with Crippen LogP contribution < -0.4 is 26.9 Å². The van der Waals surface area contributed by atoms with Gasteiger partial charge in [-0.3, -0.25) is 4.48 Å². The number of carbonyl (C=O) groups is 1. The molecule has 1 fully saturated rings. The molecule has 1 aromatic rings. The second-order valence-corrected chi connectivity index (χ2v) is 7.77. The van der Waals surface area contributed by atoms with E-state index in [1.54, 1.807) is 0 Å². The van der Waals surface area contributed by atoms with Crippen LogP contribution in [-0.2, 0) is 4.79 Å². The van der Waals surface area contributed by atoms with Crippen molar-refractivity contribution in [2.75, 3.05) is 27.7 Å². The van der Waals surface area contributed by atoms with Crippen molar-refractivity contribution in [2.24, 2.45) is 0 Å². The number of piperidine rings is 1. The number of rotatable bonds is 4. The number of esters is 1. The molecule has 4 nitrogen and oxygen atoms in total. The highest BCUT2D eigenvalue weighted by atomic mass is 35.5. The highest BCUT2D eigenvalue weighted by Gasteiger charge is 2.26. The van der Waals surface area contributed by atoms with Crippen LogP contribution in [0.1, 0.15) is 50.2 Å². The number of hydrogen-bond acceptors (Lipinski definition) is 3. The zero-order valence-corrected chi connectivity index (χ0v) is 16.5. The molecule has 1 aliphatic rings. The lowest BCUT2D eigenvalue weighted by atomic mass is 9.98. The fourth-order valence-corrected chi connectivity index (χ4v) is 3.18. The minimum atomic E-state index is -0.165. The summed E-state index contributed by atoms with van der Waals surface area (Å²) in [6, 6.07) is 4.05. The number of aryl methyl sites for hydroxylation is 1. The van der Waals surface area contributed by atoms with Crippen LogP contribution in [0, 0.1) is 6.92 Å². The Morgan fingerprint density at radius 1 is 1.25 bits per heavy atom. The topological polar surface area (TPSA) is 38.3 Å². The van der Waals surface area contributed by atoms with E-state index in [0.29, 0.717) is 11.7 Å². The molecule has 136 valence electrons. The van der Waals surface area contributed by atoms with Crippen LogP contribution in [-0.4, -0.2) is 39.7 Å². The van der Waals surface area contributed by atoms with Crippen molar-refractivity contribution in [2.45, 2.75) is 52.0 Å². The molecule has 1 aromatic carbocycles. The number of nitrogens with zero attached hydrogens (tertiary/aromatic N) is 1. The van der Waals surface area contributed by atoms with E-state index in [1.165, 1.54) is 5.69 Å². The Morgan fingerprint density at radius 3 is 2.42 bits per heavy atom. The molecule has 24 heavy (non-hydrogen) atoms. The minimum Gasteiger partial charge on any atom is -1.00 e. The van der Waals surface area contributed by atoms with Gasteiger partial charge in [0, 0.05) is 17.2 Å².